The maximum atomic E-state index is 13.7. The number of nitrogen functional groups attached to an aromatic ring is 1. The first kappa shape index (κ1) is 22.7. The van der Waals surface area contributed by atoms with Crippen molar-refractivity contribution in [3.63, 3.8) is 0 Å². The second kappa shape index (κ2) is 8.95. The standard InChI is InChI=1S/C23H27FN6O3S/c24-17-8-6-16(7-9-17)23(31)28-12-14-29(15-13-28)34(32,33)20-19-22(27-11-10-26-19)30(21(20)25)18-4-2-1-3-5-18/h6-11,18H,1-5,12-15,25H2. The van der Waals surface area contributed by atoms with Crippen molar-refractivity contribution in [1.29, 1.82) is 0 Å². The number of halogens is 1. The van der Waals surface area contributed by atoms with E-state index in [1.807, 2.05) is 4.57 Å². The lowest BCUT2D eigenvalue weighted by Gasteiger charge is -2.34. The number of amides is 1. The molecule has 9 nitrogen and oxygen atoms in total. The van der Waals surface area contributed by atoms with Crippen molar-refractivity contribution in [2.24, 2.45) is 0 Å². The summed E-state index contributed by atoms with van der Waals surface area (Å²) in [4.78, 5) is 23.1. The van der Waals surface area contributed by atoms with E-state index in [9.17, 15) is 17.6 Å². The molecule has 0 atom stereocenters. The molecule has 1 aliphatic carbocycles. The number of benzene rings is 1. The summed E-state index contributed by atoms with van der Waals surface area (Å²) in [6.45, 7) is 0.709. The lowest BCUT2D eigenvalue weighted by Crippen LogP contribution is -2.50. The van der Waals surface area contributed by atoms with Crippen LogP contribution in [-0.4, -0.2) is 64.2 Å². The van der Waals surface area contributed by atoms with Crippen molar-refractivity contribution in [3.05, 3.63) is 48.0 Å². The van der Waals surface area contributed by atoms with E-state index < -0.39 is 15.8 Å². The lowest BCUT2D eigenvalue weighted by molar-refractivity contribution is 0.0698. The average molecular weight is 487 g/mol. The van der Waals surface area contributed by atoms with Crippen LogP contribution in [0, 0.1) is 5.82 Å². The van der Waals surface area contributed by atoms with E-state index in [-0.39, 0.29) is 54.4 Å². The maximum absolute atomic E-state index is 13.7. The van der Waals surface area contributed by atoms with E-state index in [2.05, 4.69) is 9.97 Å². The van der Waals surface area contributed by atoms with Crippen LogP contribution in [0.1, 0.15) is 48.5 Å². The predicted molar refractivity (Wildman–Crippen MR) is 125 cm³/mol. The van der Waals surface area contributed by atoms with Gasteiger partial charge in [0.1, 0.15) is 17.2 Å². The zero-order valence-corrected chi connectivity index (χ0v) is 19.5. The van der Waals surface area contributed by atoms with Gasteiger partial charge in [0.05, 0.1) is 0 Å². The molecule has 1 amide bonds. The number of hydrogen-bond acceptors (Lipinski definition) is 6. The van der Waals surface area contributed by atoms with E-state index in [1.165, 1.54) is 34.8 Å². The molecule has 3 heterocycles. The largest absolute Gasteiger partial charge is 0.384 e. The van der Waals surface area contributed by atoms with Gasteiger partial charge in [0.25, 0.3) is 5.91 Å². The molecule has 1 saturated carbocycles. The Hall–Kier alpha value is -3.05. The number of piperazine rings is 1. The van der Waals surface area contributed by atoms with Crippen molar-refractivity contribution in [3.8, 4) is 0 Å². The number of nitrogens with zero attached hydrogens (tertiary/aromatic N) is 5. The minimum absolute atomic E-state index is 0.000477. The second-order valence-corrected chi connectivity index (χ2v) is 10.7. The van der Waals surface area contributed by atoms with Gasteiger partial charge in [-0.1, -0.05) is 19.3 Å². The number of fused-ring (bicyclic) bond motifs is 1. The fourth-order valence-electron chi connectivity index (χ4n) is 5.01. The highest BCUT2D eigenvalue weighted by molar-refractivity contribution is 7.89. The van der Waals surface area contributed by atoms with Crippen LogP contribution in [-0.2, 0) is 10.0 Å². The number of sulfonamides is 1. The average Bonchev–Trinajstić information content (AvgIpc) is 3.17. The molecule has 180 valence electrons. The Bertz CT molecular complexity index is 1310. The first-order valence-electron chi connectivity index (χ1n) is 11.5. The number of rotatable bonds is 4. The highest BCUT2D eigenvalue weighted by Gasteiger charge is 2.37. The lowest BCUT2D eigenvalue weighted by atomic mass is 9.95. The third kappa shape index (κ3) is 3.92. The fraction of sp³-hybridized carbons (Fsp3) is 0.435. The monoisotopic (exact) mass is 486 g/mol. The molecule has 5 rings (SSSR count). The predicted octanol–water partition coefficient (Wildman–Crippen LogP) is 2.80. The minimum atomic E-state index is -3.96. The fourth-order valence-corrected chi connectivity index (χ4v) is 6.66. The van der Waals surface area contributed by atoms with Gasteiger partial charge in [-0.25, -0.2) is 22.8 Å². The van der Waals surface area contributed by atoms with E-state index in [0.29, 0.717) is 11.2 Å². The number of carbonyl (C=O) groups is 1. The number of carbonyl (C=O) groups excluding carboxylic acids is 1. The minimum Gasteiger partial charge on any atom is -0.384 e. The summed E-state index contributed by atoms with van der Waals surface area (Å²) < 4.78 is 43.8. The van der Waals surface area contributed by atoms with Gasteiger partial charge in [-0.05, 0) is 37.1 Å². The van der Waals surface area contributed by atoms with Crippen molar-refractivity contribution in [2.75, 3.05) is 31.9 Å². The Morgan fingerprint density at radius 2 is 1.62 bits per heavy atom. The van der Waals surface area contributed by atoms with Crippen molar-refractivity contribution in [2.45, 2.75) is 43.0 Å². The highest BCUT2D eigenvalue weighted by Crippen LogP contribution is 2.39. The molecule has 1 aliphatic heterocycles. The van der Waals surface area contributed by atoms with Gasteiger partial charge in [-0.3, -0.25) is 4.79 Å². The zero-order valence-electron chi connectivity index (χ0n) is 18.7. The molecule has 2 fully saturated rings. The molecule has 2 aromatic heterocycles. The molecule has 11 heteroatoms. The maximum Gasteiger partial charge on any atom is 0.253 e. The quantitative estimate of drug-likeness (QED) is 0.607. The molecule has 0 bridgehead atoms. The van der Waals surface area contributed by atoms with Crippen molar-refractivity contribution in [1.82, 2.24) is 23.7 Å². The number of anilines is 1. The van der Waals surface area contributed by atoms with Crippen LogP contribution in [0.5, 0.6) is 0 Å². The first-order valence-corrected chi connectivity index (χ1v) is 13.0. The summed E-state index contributed by atoms with van der Waals surface area (Å²) in [5.41, 5.74) is 7.64. The van der Waals surface area contributed by atoms with Gasteiger partial charge < -0.3 is 15.2 Å². The van der Waals surface area contributed by atoms with Gasteiger partial charge >= 0.3 is 0 Å². The zero-order chi connectivity index (χ0) is 23.9. The van der Waals surface area contributed by atoms with Crippen LogP contribution < -0.4 is 5.73 Å². The van der Waals surface area contributed by atoms with Gasteiger partial charge in [0, 0.05) is 50.2 Å². The molecule has 2 N–H and O–H groups in total. The summed E-state index contributed by atoms with van der Waals surface area (Å²) in [6, 6.07) is 5.43. The molecule has 3 aromatic rings. The van der Waals surface area contributed by atoms with Crippen LogP contribution in [0.15, 0.2) is 41.6 Å². The van der Waals surface area contributed by atoms with Crippen molar-refractivity contribution >= 4 is 32.9 Å². The van der Waals surface area contributed by atoms with Crippen LogP contribution in [0.2, 0.25) is 0 Å². The molecule has 0 radical (unpaired) electrons. The summed E-state index contributed by atoms with van der Waals surface area (Å²) in [5.74, 6) is -0.491. The van der Waals surface area contributed by atoms with Gasteiger partial charge in [-0.2, -0.15) is 4.31 Å². The SMILES string of the molecule is Nc1c(S(=O)(=O)N2CCN(C(=O)c3ccc(F)cc3)CC2)c2nccnc2n1C1CCCCC1. The van der Waals surface area contributed by atoms with E-state index in [0.717, 1.165) is 32.1 Å². The summed E-state index contributed by atoms with van der Waals surface area (Å²) in [6.07, 6.45) is 8.17. The molecule has 2 aliphatic rings. The molecule has 34 heavy (non-hydrogen) atoms. The summed E-state index contributed by atoms with van der Waals surface area (Å²) >= 11 is 0. The Morgan fingerprint density at radius 3 is 2.29 bits per heavy atom. The van der Waals surface area contributed by atoms with Crippen LogP contribution >= 0.6 is 0 Å². The third-order valence-corrected chi connectivity index (χ3v) is 8.73. The topological polar surface area (TPSA) is 114 Å². The number of aromatic nitrogens is 3. The number of nitrogens with two attached hydrogens (primary N) is 1. The second-order valence-electron chi connectivity index (χ2n) is 8.81. The molecular formula is C23H27FN6O3S. The van der Waals surface area contributed by atoms with Crippen LogP contribution in [0.4, 0.5) is 10.2 Å². The van der Waals surface area contributed by atoms with Gasteiger partial charge in [-0.15, -0.1) is 0 Å². The Kier molecular flexibility index (Phi) is 5.98. The number of hydrogen-bond donors (Lipinski definition) is 1. The molecule has 0 unspecified atom stereocenters. The van der Waals surface area contributed by atoms with Gasteiger partial charge in [0.2, 0.25) is 10.0 Å². The Labute approximate surface area is 197 Å². The van der Waals surface area contributed by atoms with Crippen molar-refractivity contribution < 1.29 is 17.6 Å². The summed E-state index contributed by atoms with van der Waals surface area (Å²) in [7, 11) is -3.96. The van der Waals surface area contributed by atoms with Crippen LogP contribution in [0.25, 0.3) is 11.2 Å². The molecule has 1 saturated heterocycles. The van der Waals surface area contributed by atoms with E-state index >= 15 is 0 Å². The Balaban J connectivity index is 1.41. The molecular weight excluding hydrogens is 459 g/mol. The normalized spacial score (nSPS) is 18.4. The smallest absolute Gasteiger partial charge is 0.253 e. The highest BCUT2D eigenvalue weighted by atomic mass is 32.2. The summed E-state index contributed by atoms with van der Waals surface area (Å²) in [5, 5.41) is 0. The van der Waals surface area contributed by atoms with E-state index in [4.69, 9.17) is 5.73 Å². The van der Waals surface area contributed by atoms with Gasteiger partial charge in [0.15, 0.2) is 10.5 Å². The molecule has 1 aromatic carbocycles. The van der Waals surface area contributed by atoms with Crippen LogP contribution in [0.3, 0.4) is 0 Å². The van der Waals surface area contributed by atoms with E-state index in [1.54, 1.807) is 11.1 Å². The molecule has 0 spiro atoms. The first-order chi connectivity index (χ1) is 16.4. The third-order valence-electron chi connectivity index (χ3n) is 6.77. The Morgan fingerprint density at radius 1 is 0.971 bits per heavy atom.